The molecule has 0 radical (unpaired) electrons. The topological polar surface area (TPSA) is 35.2 Å². The second-order valence-corrected chi connectivity index (χ2v) is 3.91. The summed E-state index contributed by atoms with van der Waals surface area (Å²) in [5.74, 6) is 0. The van der Waals surface area contributed by atoms with Crippen molar-refractivity contribution in [2.45, 2.75) is 57.8 Å². The lowest BCUT2D eigenvalue weighted by molar-refractivity contribution is -0.275. The smallest absolute Gasteiger partial charge is 0.0838 e. The van der Waals surface area contributed by atoms with Gasteiger partial charge in [0.25, 0.3) is 0 Å². The Bertz CT molecular complexity index is 144. The van der Waals surface area contributed by atoms with Crippen LogP contribution in [0, 0.1) is 0 Å². The average Bonchev–Trinajstić information content (AvgIpc) is 2.03. The summed E-state index contributed by atoms with van der Waals surface area (Å²) in [6.45, 7) is 8.42. The van der Waals surface area contributed by atoms with Gasteiger partial charge in [-0.1, -0.05) is 13.8 Å². The second kappa shape index (κ2) is 2.46. The first-order valence-corrected chi connectivity index (χ1v) is 4.44. The van der Waals surface area contributed by atoms with Crippen molar-refractivity contribution in [3.05, 3.63) is 0 Å². The van der Waals surface area contributed by atoms with Crippen LogP contribution in [0.5, 0.6) is 0 Å². The fourth-order valence-corrected chi connectivity index (χ4v) is 1.83. The van der Waals surface area contributed by atoms with Gasteiger partial charge in [0, 0.05) is 0 Å². The lowest BCUT2D eigenvalue weighted by Crippen LogP contribution is -2.73. The molecule has 0 amide bonds. The molecule has 66 valence electrons. The van der Waals surface area contributed by atoms with E-state index in [-0.39, 0.29) is 17.2 Å². The molecule has 0 spiro atoms. The zero-order chi connectivity index (χ0) is 8.70. The van der Waals surface area contributed by atoms with Crippen molar-refractivity contribution >= 4 is 0 Å². The third-order valence-electron chi connectivity index (χ3n) is 3.19. The van der Waals surface area contributed by atoms with Gasteiger partial charge in [0.1, 0.15) is 0 Å². The average molecular weight is 157 g/mol. The number of hydrogen-bond donors (Lipinski definition) is 1. The van der Waals surface area contributed by atoms with Gasteiger partial charge >= 0.3 is 0 Å². The molecule has 2 atom stereocenters. The SMILES string of the molecule is CCC1(C)OC(C)(CC)C1N. The molecule has 0 aromatic rings. The first-order valence-electron chi connectivity index (χ1n) is 4.44. The molecule has 1 aliphatic rings. The summed E-state index contributed by atoms with van der Waals surface area (Å²) < 4.78 is 5.80. The highest BCUT2D eigenvalue weighted by Crippen LogP contribution is 2.43. The quantitative estimate of drug-likeness (QED) is 0.662. The van der Waals surface area contributed by atoms with Gasteiger partial charge in [-0.05, 0) is 26.7 Å². The van der Waals surface area contributed by atoms with Gasteiger partial charge in [0.15, 0.2) is 0 Å². The van der Waals surface area contributed by atoms with Gasteiger partial charge in [-0.2, -0.15) is 0 Å². The molecule has 0 bridgehead atoms. The third kappa shape index (κ3) is 1.09. The Balaban J connectivity index is 2.62. The molecule has 11 heavy (non-hydrogen) atoms. The first-order chi connectivity index (χ1) is 4.98. The van der Waals surface area contributed by atoms with Crippen LogP contribution < -0.4 is 5.73 Å². The minimum Gasteiger partial charge on any atom is -0.366 e. The summed E-state index contributed by atoms with van der Waals surface area (Å²) in [6.07, 6.45) is 2.01. The van der Waals surface area contributed by atoms with Crippen LogP contribution in [0.4, 0.5) is 0 Å². The molecule has 2 nitrogen and oxygen atoms in total. The Kier molecular flexibility index (Phi) is 2.01. The van der Waals surface area contributed by atoms with Gasteiger partial charge in [-0.25, -0.2) is 0 Å². The van der Waals surface area contributed by atoms with E-state index >= 15 is 0 Å². The maximum atomic E-state index is 6.03. The fraction of sp³-hybridized carbons (Fsp3) is 1.00. The van der Waals surface area contributed by atoms with Crippen LogP contribution in [0.15, 0.2) is 0 Å². The van der Waals surface area contributed by atoms with Gasteiger partial charge < -0.3 is 10.5 Å². The van der Waals surface area contributed by atoms with E-state index in [4.69, 9.17) is 10.5 Å². The Morgan fingerprint density at radius 1 is 1.18 bits per heavy atom. The lowest BCUT2D eigenvalue weighted by Gasteiger charge is -2.58. The molecule has 1 heterocycles. The summed E-state index contributed by atoms with van der Waals surface area (Å²) in [5, 5.41) is 0. The number of ether oxygens (including phenoxy) is 1. The molecule has 0 aliphatic carbocycles. The maximum Gasteiger partial charge on any atom is 0.0838 e. The van der Waals surface area contributed by atoms with Crippen LogP contribution in [0.1, 0.15) is 40.5 Å². The van der Waals surface area contributed by atoms with Crippen molar-refractivity contribution in [3.8, 4) is 0 Å². The van der Waals surface area contributed by atoms with Gasteiger partial charge in [-0.3, -0.25) is 0 Å². The zero-order valence-corrected chi connectivity index (χ0v) is 7.98. The Hall–Kier alpha value is -0.0800. The van der Waals surface area contributed by atoms with Crippen LogP contribution in [0.25, 0.3) is 0 Å². The Morgan fingerprint density at radius 3 is 1.73 bits per heavy atom. The highest BCUT2D eigenvalue weighted by atomic mass is 16.6. The van der Waals surface area contributed by atoms with E-state index in [9.17, 15) is 0 Å². The Morgan fingerprint density at radius 2 is 1.55 bits per heavy atom. The standard InChI is InChI=1S/C9H19NO/c1-5-8(3)7(10)9(4,6-2)11-8/h7H,5-6,10H2,1-4H3. The van der Waals surface area contributed by atoms with Crippen molar-refractivity contribution in [1.29, 1.82) is 0 Å². The Labute approximate surface area is 69.1 Å². The van der Waals surface area contributed by atoms with E-state index in [1.54, 1.807) is 0 Å². The highest BCUT2D eigenvalue weighted by molar-refractivity contribution is 5.08. The van der Waals surface area contributed by atoms with Crippen molar-refractivity contribution < 1.29 is 4.74 Å². The van der Waals surface area contributed by atoms with Crippen LogP contribution in [0.3, 0.4) is 0 Å². The number of nitrogens with two attached hydrogens (primary N) is 1. The first kappa shape index (κ1) is 9.01. The molecule has 1 fully saturated rings. The molecule has 2 unspecified atom stereocenters. The molecule has 0 saturated carbocycles. The predicted octanol–water partition coefficient (Wildman–Crippen LogP) is 1.68. The van der Waals surface area contributed by atoms with Crippen LogP contribution in [0.2, 0.25) is 0 Å². The summed E-state index contributed by atoms with van der Waals surface area (Å²) in [4.78, 5) is 0. The second-order valence-electron chi connectivity index (χ2n) is 3.91. The lowest BCUT2D eigenvalue weighted by atomic mass is 9.73. The van der Waals surface area contributed by atoms with Gasteiger partial charge in [0.05, 0.1) is 17.2 Å². The molecule has 1 rings (SSSR count). The van der Waals surface area contributed by atoms with Crippen LogP contribution >= 0.6 is 0 Å². The number of hydrogen-bond acceptors (Lipinski definition) is 2. The summed E-state index contributed by atoms with van der Waals surface area (Å²) in [6, 6.07) is 0.199. The van der Waals surface area contributed by atoms with Crippen molar-refractivity contribution in [2.24, 2.45) is 5.73 Å². The fourth-order valence-electron chi connectivity index (χ4n) is 1.83. The van der Waals surface area contributed by atoms with E-state index in [1.807, 2.05) is 0 Å². The van der Waals surface area contributed by atoms with Gasteiger partial charge in [-0.15, -0.1) is 0 Å². The maximum absolute atomic E-state index is 6.03. The van der Waals surface area contributed by atoms with E-state index in [0.717, 1.165) is 12.8 Å². The van der Waals surface area contributed by atoms with E-state index < -0.39 is 0 Å². The summed E-state index contributed by atoms with van der Waals surface area (Å²) in [5.41, 5.74) is 5.90. The summed E-state index contributed by atoms with van der Waals surface area (Å²) >= 11 is 0. The van der Waals surface area contributed by atoms with E-state index in [1.165, 1.54) is 0 Å². The monoisotopic (exact) mass is 157 g/mol. The van der Waals surface area contributed by atoms with Crippen molar-refractivity contribution in [1.82, 2.24) is 0 Å². The van der Waals surface area contributed by atoms with E-state index in [0.29, 0.717) is 0 Å². The molecule has 2 N–H and O–H groups in total. The largest absolute Gasteiger partial charge is 0.366 e. The predicted molar refractivity (Wildman–Crippen MR) is 46.5 cm³/mol. The molecular formula is C9H19NO. The molecule has 1 saturated heterocycles. The normalized spacial score (nSPS) is 50.5. The molecule has 0 aromatic heterocycles. The van der Waals surface area contributed by atoms with Gasteiger partial charge in [0.2, 0.25) is 0 Å². The zero-order valence-electron chi connectivity index (χ0n) is 7.98. The third-order valence-corrected chi connectivity index (χ3v) is 3.19. The van der Waals surface area contributed by atoms with E-state index in [2.05, 4.69) is 27.7 Å². The molecule has 0 aromatic carbocycles. The molecular weight excluding hydrogens is 138 g/mol. The van der Waals surface area contributed by atoms with Crippen molar-refractivity contribution in [3.63, 3.8) is 0 Å². The minimum absolute atomic E-state index is 0.0647. The minimum atomic E-state index is -0.0647. The highest BCUT2D eigenvalue weighted by Gasteiger charge is 2.55. The van der Waals surface area contributed by atoms with Crippen molar-refractivity contribution in [2.75, 3.05) is 0 Å². The molecule has 2 heteroatoms. The molecule has 1 aliphatic heterocycles. The van der Waals surface area contributed by atoms with Crippen LogP contribution in [-0.4, -0.2) is 17.2 Å². The number of rotatable bonds is 2. The summed E-state index contributed by atoms with van der Waals surface area (Å²) in [7, 11) is 0. The van der Waals surface area contributed by atoms with Crippen LogP contribution in [-0.2, 0) is 4.74 Å².